The number of likely N-dealkylation sites (tertiary alicyclic amines) is 1. The molecule has 0 saturated carbocycles. The molecule has 8 nitrogen and oxygen atoms in total. The molecular formula is C22H22N2O6. The second kappa shape index (κ2) is 8.52. The van der Waals surface area contributed by atoms with Gasteiger partial charge in [-0.25, -0.2) is 0 Å². The summed E-state index contributed by atoms with van der Waals surface area (Å²) in [4.78, 5) is 50.1. The summed E-state index contributed by atoms with van der Waals surface area (Å²) < 4.78 is 10.4. The summed E-state index contributed by atoms with van der Waals surface area (Å²) in [6.07, 6.45) is 3.39. The topological polar surface area (TPSA) is 106 Å². The molecule has 156 valence electrons. The van der Waals surface area contributed by atoms with Gasteiger partial charge in [0.05, 0.1) is 12.2 Å². The monoisotopic (exact) mass is 410 g/mol. The maximum absolute atomic E-state index is 12.4. The van der Waals surface area contributed by atoms with Crippen LogP contribution in [0.3, 0.4) is 0 Å². The molecule has 0 bridgehead atoms. The number of ether oxygens (including phenoxy) is 1. The average Bonchev–Trinajstić information content (AvgIpc) is 3.31. The van der Waals surface area contributed by atoms with Gasteiger partial charge in [-0.15, -0.1) is 0 Å². The van der Waals surface area contributed by atoms with Crippen molar-refractivity contribution in [2.24, 2.45) is 5.92 Å². The van der Waals surface area contributed by atoms with Gasteiger partial charge in [-0.05, 0) is 55.2 Å². The van der Waals surface area contributed by atoms with Crippen LogP contribution in [0.15, 0.2) is 41.0 Å². The summed E-state index contributed by atoms with van der Waals surface area (Å²) in [5.41, 5.74) is 2.08. The molecule has 1 aromatic heterocycles. The van der Waals surface area contributed by atoms with Crippen LogP contribution in [0.2, 0.25) is 0 Å². The number of carbonyl (C=O) groups is 4. The minimum atomic E-state index is -0.418. The Hall–Kier alpha value is -3.42. The van der Waals surface area contributed by atoms with Gasteiger partial charge in [-0.2, -0.15) is 0 Å². The third-order valence-electron chi connectivity index (χ3n) is 5.52. The molecule has 1 aromatic carbocycles. The number of anilines is 1. The number of nitrogens with one attached hydrogen (secondary N) is 1. The van der Waals surface area contributed by atoms with Crippen LogP contribution in [0.25, 0.3) is 0 Å². The lowest BCUT2D eigenvalue weighted by Crippen LogP contribution is -2.40. The quantitative estimate of drug-likeness (QED) is 0.600. The van der Waals surface area contributed by atoms with E-state index in [2.05, 4.69) is 5.32 Å². The number of furan rings is 1. The van der Waals surface area contributed by atoms with Crippen molar-refractivity contribution in [3.63, 3.8) is 0 Å². The summed E-state index contributed by atoms with van der Waals surface area (Å²) in [5, 5.41) is 2.77. The Morgan fingerprint density at radius 1 is 1.13 bits per heavy atom. The number of nitrogens with zero attached hydrogens (tertiary/aromatic N) is 1. The molecule has 0 unspecified atom stereocenters. The predicted molar refractivity (Wildman–Crippen MR) is 106 cm³/mol. The summed E-state index contributed by atoms with van der Waals surface area (Å²) in [6.45, 7) is 0.545. The van der Waals surface area contributed by atoms with Crippen LogP contribution < -0.4 is 5.32 Å². The van der Waals surface area contributed by atoms with Crippen molar-refractivity contribution in [3.05, 3.63) is 53.5 Å². The van der Waals surface area contributed by atoms with Crippen LogP contribution in [0.5, 0.6) is 0 Å². The first-order valence-electron chi connectivity index (χ1n) is 9.96. The van der Waals surface area contributed by atoms with E-state index in [1.807, 2.05) is 0 Å². The SMILES string of the molecule is O=C1CCc2cc(C(=O)COC(=O)C3CCN(C(=O)c4ccco4)CC3)ccc2N1. The largest absolute Gasteiger partial charge is 0.459 e. The van der Waals surface area contributed by atoms with Crippen LogP contribution >= 0.6 is 0 Å². The van der Waals surface area contributed by atoms with Gasteiger partial charge in [0, 0.05) is 30.8 Å². The second-order valence-corrected chi connectivity index (χ2v) is 7.49. The Balaban J connectivity index is 1.26. The summed E-state index contributed by atoms with van der Waals surface area (Å²) in [6, 6.07) is 8.34. The van der Waals surface area contributed by atoms with Crippen molar-refractivity contribution in [3.8, 4) is 0 Å². The van der Waals surface area contributed by atoms with Crippen molar-refractivity contribution in [1.29, 1.82) is 0 Å². The lowest BCUT2D eigenvalue weighted by molar-refractivity contribution is -0.148. The normalized spacial score (nSPS) is 16.5. The Labute approximate surface area is 173 Å². The van der Waals surface area contributed by atoms with Crippen molar-refractivity contribution >= 4 is 29.3 Å². The molecule has 2 aromatic rings. The number of carbonyl (C=O) groups excluding carboxylic acids is 4. The first kappa shape index (κ1) is 19.9. The fourth-order valence-corrected chi connectivity index (χ4v) is 3.77. The van der Waals surface area contributed by atoms with Gasteiger partial charge in [0.15, 0.2) is 18.2 Å². The van der Waals surface area contributed by atoms with E-state index in [-0.39, 0.29) is 35.9 Å². The molecule has 1 fully saturated rings. The third-order valence-corrected chi connectivity index (χ3v) is 5.52. The highest BCUT2D eigenvalue weighted by Gasteiger charge is 2.30. The fourth-order valence-electron chi connectivity index (χ4n) is 3.77. The van der Waals surface area contributed by atoms with Gasteiger partial charge in [-0.1, -0.05) is 0 Å². The van der Waals surface area contributed by atoms with Gasteiger partial charge in [0.2, 0.25) is 5.91 Å². The standard InChI is InChI=1S/C22H22N2O6/c25-18(16-3-5-17-15(12-16)4-6-20(26)23-17)13-30-22(28)14-7-9-24(10-8-14)21(27)19-2-1-11-29-19/h1-3,5,11-12,14H,4,6-10,13H2,(H,23,26). The molecule has 3 heterocycles. The van der Waals surface area contributed by atoms with Gasteiger partial charge in [0.1, 0.15) is 0 Å². The zero-order valence-corrected chi connectivity index (χ0v) is 16.4. The number of rotatable bonds is 5. The molecule has 2 amide bonds. The van der Waals surface area contributed by atoms with Crippen molar-refractivity contribution in [2.45, 2.75) is 25.7 Å². The van der Waals surface area contributed by atoms with Crippen LogP contribution in [0.4, 0.5) is 5.69 Å². The minimum Gasteiger partial charge on any atom is -0.459 e. The van der Waals surface area contributed by atoms with E-state index in [1.54, 1.807) is 35.2 Å². The van der Waals surface area contributed by atoms with Crippen molar-refractivity contribution in [2.75, 3.05) is 25.0 Å². The highest BCUT2D eigenvalue weighted by atomic mass is 16.5. The van der Waals surface area contributed by atoms with E-state index in [9.17, 15) is 19.2 Å². The maximum atomic E-state index is 12.4. The number of Topliss-reactive ketones (excluding diaryl/α,β-unsaturated/α-hetero) is 1. The Morgan fingerprint density at radius 2 is 1.93 bits per heavy atom. The molecule has 0 atom stereocenters. The molecule has 4 rings (SSSR count). The minimum absolute atomic E-state index is 0.0348. The molecule has 1 N–H and O–H groups in total. The molecule has 0 radical (unpaired) electrons. The summed E-state index contributed by atoms with van der Waals surface area (Å²) >= 11 is 0. The number of esters is 1. The van der Waals surface area contributed by atoms with Crippen LogP contribution in [-0.4, -0.2) is 48.2 Å². The summed E-state index contributed by atoms with van der Waals surface area (Å²) in [5.74, 6) is -0.978. The highest BCUT2D eigenvalue weighted by molar-refractivity contribution is 6.00. The predicted octanol–water partition coefficient (Wildman–Crippen LogP) is 2.44. The first-order chi connectivity index (χ1) is 14.5. The lowest BCUT2D eigenvalue weighted by atomic mass is 9.96. The van der Waals surface area contributed by atoms with Crippen LogP contribution in [0.1, 0.15) is 45.7 Å². The lowest BCUT2D eigenvalue weighted by Gasteiger charge is -2.30. The van der Waals surface area contributed by atoms with Gasteiger partial charge >= 0.3 is 5.97 Å². The zero-order chi connectivity index (χ0) is 21.1. The molecule has 0 aliphatic carbocycles. The Morgan fingerprint density at radius 3 is 2.67 bits per heavy atom. The van der Waals surface area contributed by atoms with E-state index < -0.39 is 5.97 Å². The van der Waals surface area contributed by atoms with E-state index >= 15 is 0 Å². The molecule has 1 saturated heterocycles. The van der Waals surface area contributed by atoms with Crippen LogP contribution in [0, 0.1) is 5.92 Å². The highest BCUT2D eigenvalue weighted by Crippen LogP contribution is 2.24. The van der Waals surface area contributed by atoms with E-state index in [1.165, 1.54) is 6.26 Å². The van der Waals surface area contributed by atoms with Crippen molar-refractivity contribution in [1.82, 2.24) is 4.90 Å². The number of hydrogen-bond donors (Lipinski definition) is 1. The number of amides is 2. The average molecular weight is 410 g/mol. The number of fused-ring (bicyclic) bond motifs is 1. The third kappa shape index (κ3) is 4.27. The van der Waals surface area contributed by atoms with Gasteiger partial charge in [0.25, 0.3) is 5.91 Å². The zero-order valence-electron chi connectivity index (χ0n) is 16.4. The molecule has 0 spiro atoms. The molecule has 8 heteroatoms. The molecule has 30 heavy (non-hydrogen) atoms. The fraction of sp³-hybridized carbons (Fsp3) is 0.364. The van der Waals surface area contributed by atoms with Crippen LogP contribution in [-0.2, 0) is 20.7 Å². The number of aryl methyl sites for hydroxylation is 1. The Kier molecular flexibility index (Phi) is 5.65. The number of hydrogen-bond acceptors (Lipinski definition) is 6. The first-order valence-corrected chi connectivity index (χ1v) is 9.96. The number of ketones is 1. The van der Waals surface area contributed by atoms with Crippen molar-refractivity contribution < 1.29 is 28.3 Å². The summed E-state index contributed by atoms with van der Waals surface area (Å²) in [7, 11) is 0. The van der Waals surface area contributed by atoms with Gasteiger partial charge in [-0.3, -0.25) is 19.2 Å². The van der Waals surface area contributed by atoms with E-state index in [4.69, 9.17) is 9.15 Å². The number of benzene rings is 1. The molecular weight excluding hydrogens is 388 g/mol. The van der Waals surface area contributed by atoms with E-state index in [0.29, 0.717) is 44.3 Å². The molecule has 2 aliphatic heterocycles. The van der Waals surface area contributed by atoms with E-state index in [0.717, 1.165) is 11.3 Å². The second-order valence-electron chi connectivity index (χ2n) is 7.49. The van der Waals surface area contributed by atoms with Gasteiger partial charge < -0.3 is 19.4 Å². The molecule has 2 aliphatic rings. The number of piperidine rings is 1. The smallest absolute Gasteiger partial charge is 0.309 e. The maximum Gasteiger partial charge on any atom is 0.309 e. The Bertz CT molecular complexity index is 974.